The molecule has 0 unspecified atom stereocenters. The third-order valence-corrected chi connectivity index (χ3v) is 2.95. The summed E-state index contributed by atoms with van der Waals surface area (Å²) >= 11 is 0. The number of carbonyl (C=O) groups is 1. The van der Waals surface area contributed by atoms with Gasteiger partial charge in [0, 0.05) is 17.2 Å². The van der Waals surface area contributed by atoms with Crippen LogP contribution in [0.3, 0.4) is 0 Å². The van der Waals surface area contributed by atoms with Crippen molar-refractivity contribution in [2.75, 3.05) is 0 Å². The maximum Gasteiger partial charge on any atom is 0.416 e. The summed E-state index contributed by atoms with van der Waals surface area (Å²) in [6.45, 7) is 0. The molecule has 0 spiro atoms. The standard InChI is InChI=1S/C15H11F3N2O4/c16-15(17,18)10-3-1-2-8(4-10)14(24)20-19-7-9-5-12(22)13(23)6-11(9)21/h1-7,21-23H,(H,20,24)/b19-7+. The van der Waals surface area contributed by atoms with Gasteiger partial charge in [-0.3, -0.25) is 4.79 Å². The zero-order chi connectivity index (χ0) is 17.9. The van der Waals surface area contributed by atoms with Gasteiger partial charge in [0.1, 0.15) is 5.75 Å². The van der Waals surface area contributed by atoms with E-state index in [0.29, 0.717) is 6.07 Å². The molecule has 1 amide bonds. The highest BCUT2D eigenvalue weighted by Crippen LogP contribution is 2.31. The molecule has 0 aliphatic carbocycles. The number of amides is 1. The topological polar surface area (TPSA) is 102 Å². The molecule has 0 aromatic heterocycles. The molecule has 24 heavy (non-hydrogen) atoms. The molecule has 0 aliphatic rings. The first-order valence-electron chi connectivity index (χ1n) is 6.44. The molecule has 0 atom stereocenters. The van der Waals surface area contributed by atoms with E-state index in [0.717, 1.165) is 30.5 Å². The Morgan fingerprint density at radius 2 is 1.71 bits per heavy atom. The first-order chi connectivity index (χ1) is 11.2. The lowest BCUT2D eigenvalue weighted by molar-refractivity contribution is -0.137. The van der Waals surface area contributed by atoms with Crippen molar-refractivity contribution in [2.45, 2.75) is 6.18 Å². The molecule has 0 saturated carbocycles. The highest BCUT2D eigenvalue weighted by atomic mass is 19.4. The van der Waals surface area contributed by atoms with Gasteiger partial charge in [-0.1, -0.05) is 6.07 Å². The molecule has 9 heteroatoms. The zero-order valence-electron chi connectivity index (χ0n) is 11.9. The monoisotopic (exact) mass is 340 g/mol. The van der Waals surface area contributed by atoms with Crippen molar-refractivity contribution in [3.8, 4) is 17.2 Å². The molecule has 0 aliphatic heterocycles. The summed E-state index contributed by atoms with van der Waals surface area (Å²) in [5.41, 5.74) is 0.754. The number of rotatable bonds is 3. The molecule has 0 saturated heterocycles. The highest BCUT2D eigenvalue weighted by molar-refractivity contribution is 5.95. The van der Waals surface area contributed by atoms with Gasteiger partial charge in [-0.05, 0) is 24.3 Å². The summed E-state index contributed by atoms with van der Waals surface area (Å²) in [6.07, 6.45) is -3.62. The highest BCUT2D eigenvalue weighted by Gasteiger charge is 2.30. The van der Waals surface area contributed by atoms with Gasteiger partial charge in [0.25, 0.3) is 5.91 Å². The van der Waals surface area contributed by atoms with E-state index in [1.165, 1.54) is 6.07 Å². The van der Waals surface area contributed by atoms with Crippen LogP contribution in [0.15, 0.2) is 41.5 Å². The van der Waals surface area contributed by atoms with Crippen molar-refractivity contribution in [2.24, 2.45) is 5.10 Å². The van der Waals surface area contributed by atoms with Gasteiger partial charge in [0.15, 0.2) is 11.5 Å². The molecule has 126 valence electrons. The Labute approximate surface area is 133 Å². The van der Waals surface area contributed by atoms with E-state index in [2.05, 4.69) is 5.10 Å². The molecule has 4 N–H and O–H groups in total. The minimum absolute atomic E-state index is 0.0188. The van der Waals surface area contributed by atoms with E-state index in [9.17, 15) is 28.2 Å². The van der Waals surface area contributed by atoms with Crippen molar-refractivity contribution < 1.29 is 33.3 Å². The van der Waals surface area contributed by atoms with Crippen LogP contribution in [0.1, 0.15) is 21.5 Å². The number of nitrogens with zero attached hydrogens (tertiary/aromatic N) is 1. The first kappa shape index (κ1) is 17.1. The van der Waals surface area contributed by atoms with Gasteiger partial charge >= 0.3 is 6.18 Å². The molecule has 2 aromatic rings. The summed E-state index contributed by atoms with van der Waals surface area (Å²) in [5.74, 6) is -2.36. The van der Waals surface area contributed by atoms with E-state index in [1.807, 2.05) is 5.43 Å². The second kappa shape index (κ2) is 6.49. The number of hydrazone groups is 1. The number of halogens is 3. The Bertz CT molecular complexity index is 804. The number of benzene rings is 2. The maximum absolute atomic E-state index is 12.6. The van der Waals surface area contributed by atoms with E-state index >= 15 is 0 Å². The van der Waals surface area contributed by atoms with Crippen molar-refractivity contribution in [1.82, 2.24) is 5.43 Å². The van der Waals surface area contributed by atoms with E-state index in [1.54, 1.807) is 0 Å². The van der Waals surface area contributed by atoms with E-state index < -0.39 is 34.9 Å². The Morgan fingerprint density at radius 1 is 1.04 bits per heavy atom. The van der Waals surface area contributed by atoms with Crippen LogP contribution >= 0.6 is 0 Å². The van der Waals surface area contributed by atoms with Gasteiger partial charge < -0.3 is 15.3 Å². The SMILES string of the molecule is O=C(N/N=C/c1cc(O)c(O)cc1O)c1cccc(C(F)(F)F)c1. The zero-order valence-corrected chi connectivity index (χ0v) is 11.9. The molecule has 6 nitrogen and oxygen atoms in total. The summed E-state index contributed by atoms with van der Waals surface area (Å²) < 4.78 is 37.8. The Kier molecular flexibility index (Phi) is 4.63. The van der Waals surface area contributed by atoms with Gasteiger partial charge in [-0.2, -0.15) is 18.3 Å². The summed E-state index contributed by atoms with van der Waals surface area (Å²) in [6, 6.07) is 5.64. The lowest BCUT2D eigenvalue weighted by atomic mass is 10.1. The molecule has 0 radical (unpaired) electrons. The second-order valence-corrected chi connectivity index (χ2v) is 4.68. The fourth-order valence-electron chi connectivity index (χ4n) is 1.75. The smallest absolute Gasteiger partial charge is 0.416 e. The largest absolute Gasteiger partial charge is 0.507 e. The maximum atomic E-state index is 12.6. The fraction of sp³-hybridized carbons (Fsp3) is 0.0667. The van der Waals surface area contributed by atoms with Gasteiger partial charge in [0.2, 0.25) is 0 Å². The third kappa shape index (κ3) is 3.94. The first-order valence-corrected chi connectivity index (χ1v) is 6.44. The average molecular weight is 340 g/mol. The number of hydrogen-bond acceptors (Lipinski definition) is 5. The predicted octanol–water partition coefficient (Wildman–Crippen LogP) is 2.59. The lowest BCUT2D eigenvalue weighted by Crippen LogP contribution is -2.18. The van der Waals surface area contributed by atoms with E-state index in [-0.39, 0.29) is 11.1 Å². The van der Waals surface area contributed by atoms with Crippen LogP contribution in [0.25, 0.3) is 0 Å². The number of aromatic hydroxyl groups is 3. The fourth-order valence-corrected chi connectivity index (χ4v) is 1.75. The van der Waals surface area contributed by atoms with Crippen molar-refractivity contribution in [1.29, 1.82) is 0 Å². The van der Waals surface area contributed by atoms with Crippen molar-refractivity contribution >= 4 is 12.1 Å². The number of hydrogen-bond donors (Lipinski definition) is 4. The number of carbonyl (C=O) groups excluding carboxylic acids is 1. The quantitative estimate of drug-likeness (QED) is 0.298. The second-order valence-electron chi connectivity index (χ2n) is 4.68. The van der Waals surface area contributed by atoms with Gasteiger partial charge in [-0.25, -0.2) is 5.43 Å². The molecular formula is C15H11F3N2O4. The van der Waals surface area contributed by atoms with Crippen LogP contribution in [0.2, 0.25) is 0 Å². The van der Waals surface area contributed by atoms with Crippen LogP contribution in [-0.2, 0) is 6.18 Å². The Morgan fingerprint density at radius 3 is 2.38 bits per heavy atom. The molecule has 0 bridgehead atoms. The number of nitrogens with one attached hydrogen (secondary N) is 1. The van der Waals surface area contributed by atoms with Gasteiger partial charge in [-0.15, -0.1) is 0 Å². The Balaban J connectivity index is 2.12. The molecule has 2 rings (SSSR count). The predicted molar refractivity (Wildman–Crippen MR) is 77.9 cm³/mol. The summed E-state index contributed by atoms with van der Waals surface area (Å²) in [7, 11) is 0. The number of phenolic OH excluding ortho intramolecular Hbond substituents is 3. The normalized spacial score (nSPS) is 11.6. The average Bonchev–Trinajstić information content (AvgIpc) is 2.51. The molecular weight excluding hydrogens is 329 g/mol. The molecule has 0 fully saturated rings. The van der Waals surface area contributed by atoms with Crippen LogP contribution in [0.5, 0.6) is 17.2 Å². The number of alkyl halides is 3. The van der Waals surface area contributed by atoms with Crippen molar-refractivity contribution in [3.63, 3.8) is 0 Å². The summed E-state index contributed by atoms with van der Waals surface area (Å²) in [4.78, 5) is 11.8. The van der Waals surface area contributed by atoms with Crippen LogP contribution < -0.4 is 5.43 Å². The van der Waals surface area contributed by atoms with Crippen LogP contribution in [0.4, 0.5) is 13.2 Å². The minimum atomic E-state index is -4.57. The lowest BCUT2D eigenvalue weighted by Gasteiger charge is -2.07. The van der Waals surface area contributed by atoms with Crippen LogP contribution in [-0.4, -0.2) is 27.4 Å². The Hall–Kier alpha value is -3.23. The summed E-state index contributed by atoms with van der Waals surface area (Å²) in [5, 5.41) is 31.5. The third-order valence-electron chi connectivity index (χ3n) is 2.95. The minimum Gasteiger partial charge on any atom is -0.507 e. The van der Waals surface area contributed by atoms with Crippen molar-refractivity contribution in [3.05, 3.63) is 53.1 Å². The number of phenols is 3. The van der Waals surface area contributed by atoms with E-state index in [4.69, 9.17) is 5.11 Å². The van der Waals surface area contributed by atoms with Crippen LogP contribution in [0, 0.1) is 0 Å². The molecule has 2 aromatic carbocycles. The molecule has 0 heterocycles. The van der Waals surface area contributed by atoms with Gasteiger partial charge in [0.05, 0.1) is 11.8 Å².